The Hall–Kier alpha value is -4.23. The van der Waals surface area contributed by atoms with Crippen molar-refractivity contribution in [2.45, 2.75) is 50.7 Å². The number of hydrogen-bond acceptors (Lipinski definition) is 6. The van der Waals surface area contributed by atoms with E-state index in [0.717, 1.165) is 29.8 Å². The maximum absolute atomic E-state index is 12.7. The van der Waals surface area contributed by atoms with Crippen LogP contribution in [0.1, 0.15) is 36.5 Å². The normalized spacial score (nSPS) is 15.6. The molecule has 0 saturated carbocycles. The van der Waals surface area contributed by atoms with E-state index in [1.165, 1.54) is 30.3 Å². The van der Waals surface area contributed by atoms with Gasteiger partial charge < -0.3 is 19.3 Å². The third-order valence-corrected chi connectivity index (χ3v) is 7.47. The lowest BCUT2D eigenvalue weighted by Gasteiger charge is -2.42. The first-order valence-corrected chi connectivity index (χ1v) is 14.0. The Balaban J connectivity index is 1.47. The number of piperidine rings is 1. The highest BCUT2D eigenvalue weighted by Crippen LogP contribution is 2.43. The maximum Gasteiger partial charge on any atom is 0.573 e. The summed E-state index contributed by atoms with van der Waals surface area (Å²) >= 11 is 0. The summed E-state index contributed by atoms with van der Waals surface area (Å²) < 4.78 is 89.3. The van der Waals surface area contributed by atoms with Crippen LogP contribution in [0.25, 0.3) is 0 Å². The van der Waals surface area contributed by atoms with Gasteiger partial charge in [0.1, 0.15) is 23.2 Å². The monoisotopic (exact) mass is 638 g/mol. The molecule has 0 aliphatic carbocycles. The molecule has 13 heteroatoms. The average Bonchev–Trinajstić information content (AvgIpc) is 2.97. The molecule has 3 aromatic carbocycles. The van der Waals surface area contributed by atoms with Crippen molar-refractivity contribution in [3.63, 3.8) is 0 Å². The molecule has 7 nitrogen and oxygen atoms in total. The molecule has 1 aliphatic heterocycles. The van der Waals surface area contributed by atoms with Crippen LogP contribution >= 0.6 is 0 Å². The smallest absolute Gasteiger partial charge is 0.442 e. The van der Waals surface area contributed by atoms with Crippen LogP contribution in [-0.2, 0) is 16.9 Å². The molecular weight excluding hydrogens is 606 g/mol. The Morgan fingerprint density at radius 1 is 0.889 bits per heavy atom. The van der Waals surface area contributed by atoms with E-state index >= 15 is 0 Å². The fourth-order valence-corrected chi connectivity index (χ4v) is 5.28. The highest BCUT2D eigenvalue weighted by Gasteiger charge is 2.42. The number of benzene rings is 3. The minimum absolute atomic E-state index is 0.268. The predicted octanol–water partition coefficient (Wildman–Crippen LogP) is 7.75. The van der Waals surface area contributed by atoms with E-state index < -0.39 is 47.9 Å². The molecule has 0 spiro atoms. The molecule has 1 fully saturated rings. The van der Waals surface area contributed by atoms with Gasteiger partial charge in [-0.2, -0.15) is 0 Å². The zero-order valence-corrected chi connectivity index (χ0v) is 24.2. The van der Waals surface area contributed by atoms with Crippen molar-refractivity contribution in [2.75, 3.05) is 18.4 Å². The van der Waals surface area contributed by atoms with Crippen molar-refractivity contribution in [3.05, 3.63) is 102 Å². The second-order valence-corrected chi connectivity index (χ2v) is 10.6. The minimum Gasteiger partial charge on any atom is -0.442 e. The van der Waals surface area contributed by atoms with Crippen LogP contribution in [0.15, 0.2) is 85.5 Å². The number of aliphatic hydroxyl groups is 1. The minimum atomic E-state index is -4.90. The van der Waals surface area contributed by atoms with Crippen LogP contribution < -0.4 is 14.8 Å². The molecule has 0 aromatic heterocycles. The highest BCUT2D eigenvalue weighted by atomic mass is 19.4. The second-order valence-electron chi connectivity index (χ2n) is 10.6. The van der Waals surface area contributed by atoms with Crippen molar-refractivity contribution >= 4 is 11.8 Å². The number of hydrogen-bond donors (Lipinski definition) is 2. The molecule has 1 heterocycles. The Morgan fingerprint density at radius 3 is 1.78 bits per heavy atom. The molecule has 1 atom stereocenters. The average molecular weight is 639 g/mol. The van der Waals surface area contributed by atoms with Crippen LogP contribution in [0.2, 0.25) is 0 Å². The SMILES string of the molecule is C=CC(C)OC(=O)Nc1ccc(CN2CCC(C(O)(c3ccc(OC(F)(F)F)cc3)c3ccc(OC(F)(F)F)cc3)CC2)cc1. The van der Waals surface area contributed by atoms with Crippen molar-refractivity contribution < 1.29 is 50.5 Å². The number of nitrogens with one attached hydrogen (secondary N) is 1. The summed E-state index contributed by atoms with van der Waals surface area (Å²) in [6.45, 7) is 6.95. The van der Waals surface area contributed by atoms with Gasteiger partial charge in [0.05, 0.1) is 0 Å². The molecular formula is C32H32F6N2O5. The van der Waals surface area contributed by atoms with Crippen molar-refractivity contribution in [1.29, 1.82) is 0 Å². The third kappa shape index (κ3) is 9.38. The molecule has 242 valence electrons. The maximum atomic E-state index is 12.7. The fourth-order valence-electron chi connectivity index (χ4n) is 5.28. The first-order valence-electron chi connectivity index (χ1n) is 14.0. The van der Waals surface area contributed by atoms with Crippen molar-refractivity contribution in [1.82, 2.24) is 4.90 Å². The van der Waals surface area contributed by atoms with E-state index in [1.807, 2.05) is 12.1 Å². The number of carbonyl (C=O) groups excluding carboxylic acids is 1. The lowest BCUT2D eigenvalue weighted by atomic mass is 9.72. The van der Waals surface area contributed by atoms with E-state index in [0.29, 0.717) is 38.2 Å². The molecule has 1 saturated heterocycles. The van der Waals surface area contributed by atoms with E-state index in [-0.39, 0.29) is 11.1 Å². The van der Waals surface area contributed by atoms with Gasteiger partial charge in [0.2, 0.25) is 0 Å². The van der Waals surface area contributed by atoms with Crippen LogP contribution in [0.4, 0.5) is 36.8 Å². The number of carbonyl (C=O) groups is 1. The van der Waals surface area contributed by atoms with Crippen LogP contribution in [0.5, 0.6) is 11.5 Å². The predicted molar refractivity (Wildman–Crippen MR) is 153 cm³/mol. The summed E-state index contributed by atoms with van der Waals surface area (Å²) in [6, 6.07) is 16.8. The topological polar surface area (TPSA) is 80.3 Å². The number of rotatable bonds is 10. The van der Waals surface area contributed by atoms with E-state index in [9.17, 15) is 36.2 Å². The van der Waals surface area contributed by atoms with Gasteiger partial charge in [-0.1, -0.05) is 49.1 Å². The van der Waals surface area contributed by atoms with E-state index in [4.69, 9.17) is 4.74 Å². The standard InChI is InChI=1S/C32H32F6N2O5/c1-3-21(2)43-29(41)39-26-10-4-22(5-11-26)20-40-18-16-25(17-19-40)30(42,23-6-12-27(13-7-23)44-31(33,34)35)24-8-14-28(15-9-24)45-32(36,37)38/h3-15,21,25,42H,1,16-20H2,2H3,(H,39,41). The van der Waals surface area contributed by atoms with E-state index in [2.05, 4.69) is 26.3 Å². The quantitative estimate of drug-likeness (QED) is 0.175. The molecule has 1 aliphatic rings. The first kappa shape index (κ1) is 33.7. The van der Waals surface area contributed by atoms with Gasteiger partial charge in [-0.15, -0.1) is 26.3 Å². The lowest BCUT2D eigenvalue weighted by Crippen LogP contribution is -2.44. The second kappa shape index (κ2) is 13.8. The number of likely N-dealkylation sites (tertiary alicyclic amines) is 1. The third-order valence-electron chi connectivity index (χ3n) is 7.47. The van der Waals surface area contributed by atoms with Gasteiger partial charge in [-0.05, 0) is 91.9 Å². The number of nitrogens with zero attached hydrogens (tertiary/aromatic N) is 1. The summed E-state index contributed by atoms with van der Waals surface area (Å²) in [5.74, 6) is -1.36. The van der Waals surface area contributed by atoms with Gasteiger partial charge in [0, 0.05) is 12.2 Å². The number of alkyl halides is 6. The molecule has 4 rings (SSSR count). The van der Waals surface area contributed by atoms with Gasteiger partial charge in [0.15, 0.2) is 0 Å². The first-order chi connectivity index (χ1) is 21.1. The van der Waals surface area contributed by atoms with Crippen molar-refractivity contribution in [3.8, 4) is 11.5 Å². The Bertz CT molecular complexity index is 1360. The zero-order chi connectivity index (χ0) is 32.8. The number of anilines is 1. The summed E-state index contributed by atoms with van der Waals surface area (Å²) in [6.07, 6.45) is -8.38. The van der Waals surface area contributed by atoms with E-state index in [1.54, 1.807) is 19.1 Å². The fraction of sp³-hybridized carbons (Fsp3) is 0.344. The largest absolute Gasteiger partial charge is 0.573 e. The Morgan fingerprint density at radius 2 is 1.36 bits per heavy atom. The molecule has 1 unspecified atom stereocenters. The molecule has 0 radical (unpaired) electrons. The Kier molecular flexibility index (Phi) is 10.3. The zero-order valence-electron chi connectivity index (χ0n) is 24.2. The Labute approximate surface area is 256 Å². The van der Waals surface area contributed by atoms with Gasteiger partial charge >= 0.3 is 18.8 Å². The van der Waals surface area contributed by atoms with Gasteiger partial charge in [0.25, 0.3) is 0 Å². The molecule has 1 amide bonds. The summed E-state index contributed by atoms with van der Waals surface area (Å²) in [4.78, 5) is 14.1. The van der Waals surface area contributed by atoms with Crippen molar-refractivity contribution in [2.24, 2.45) is 5.92 Å². The van der Waals surface area contributed by atoms with Crippen LogP contribution in [0, 0.1) is 5.92 Å². The number of amides is 1. The molecule has 3 aromatic rings. The number of ether oxygens (including phenoxy) is 3. The lowest BCUT2D eigenvalue weighted by molar-refractivity contribution is -0.275. The highest BCUT2D eigenvalue weighted by molar-refractivity contribution is 5.84. The van der Waals surface area contributed by atoms with Crippen LogP contribution in [-0.4, -0.2) is 48.0 Å². The molecule has 2 N–H and O–H groups in total. The molecule has 0 bridgehead atoms. The summed E-state index contributed by atoms with van der Waals surface area (Å²) in [5, 5.41) is 14.8. The summed E-state index contributed by atoms with van der Waals surface area (Å²) in [5.41, 5.74) is 0.336. The van der Waals surface area contributed by atoms with Crippen LogP contribution in [0.3, 0.4) is 0 Å². The van der Waals surface area contributed by atoms with Gasteiger partial charge in [-0.3, -0.25) is 10.2 Å². The summed E-state index contributed by atoms with van der Waals surface area (Å²) in [7, 11) is 0. The molecule has 45 heavy (non-hydrogen) atoms. The number of halogens is 6. The van der Waals surface area contributed by atoms with Gasteiger partial charge in [-0.25, -0.2) is 4.79 Å².